The van der Waals surface area contributed by atoms with E-state index in [4.69, 9.17) is 9.47 Å². The van der Waals surface area contributed by atoms with E-state index in [1.54, 1.807) is 0 Å². The lowest BCUT2D eigenvalue weighted by molar-refractivity contribution is -0.171. The molecular weight excluding hydrogens is 158 g/mol. The zero-order chi connectivity index (χ0) is 8.82. The molecule has 2 rings (SSSR count). The first-order valence-corrected chi connectivity index (χ1v) is 4.28. The highest BCUT2D eigenvalue weighted by molar-refractivity contribution is 5.03. The van der Waals surface area contributed by atoms with Gasteiger partial charge in [0.2, 0.25) is 0 Å². The van der Waals surface area contributed by atoms with E-state index in [-0.39, 0.29) is 12.7 Å². The van der Waals surface area contributed by atoms with E-state index < -0.39 is 11.4 Å². The molecule has 0 radical (unpaired) electrons. The van der Waals surface area contributed by atoms with Crippen LogP contribution in [0.5, 0.6) is 0 Å². The molecule has 0 aromatic carbocycles. The Kier molecular flexibility index (Phi) is 1.70. The standard InChI is InChI=1S/C8H15NO3/c1-7(2)11-6-3-9-4-8(6,5-10)12-7/h6,9-10H,3-5H2,1-2H3/t6-,8-/m1/s1. The Morgan fingerprint density at radius 2 is 2.33 bits per heavy atom. The Labute approximate surface area is 71.9 Å². The van der Waals surface area contributed by atoms with Crippen molar-refractivity contribution in [3.05, 3.63) is 0 Å². The maximum Gasteiger partial charge on any atom is 0.164 e. The van der Waals surface area contributed by atoms with Crippen LogP contribution in [-0.4, -0.2) is 42.3 Å². The summed E-state index contributed by atoms with van der Waals surface area (Å²) in [7, 11) is 0. The minimum atomic E-state index is -0.546. The van der Waals surface area contributed by atoms with E-state index in [0.717, 1.165) is 6.54 Å². The molecule has 0 aromatic heterocycles. The van der Waals surface area contributed by atoms with Crippen LogP contribution >= 0.6 is 0 Å². The number of ether oxygens (including phenoxy) is 2. The van der Waals surface area contributed by atoms with Crippen molar-refractivity contribution in [3.63, 3.8) is 0 Å². The molecule has 4 heteroatoms. The monoisotopic (exact) mass is 173 g/mol. The van der Waals surface area contributed by atoms with Gasteiger partial charge in [-0.15, -0.1) is 0 Å². The van der Waals surface area contributed by atoms with Crippen LogP contribution in [0.15, 0.2) is 0 Å². The second-order valence-electron chi connectivity index (χ2n) is 3.96. The van der Waals surface area contributed by atoms with Gasteiger partial charge in [-0.05, 0) is 13.8 Å². The fraction of sp³-hybridized carbons (Fsp3) is 1.00. The minimum Gasteiger partial charge on any atom is -0.393 e. The Morgan fingerprint density at radius 3 is 2.92 bits per heavy atom. The molecule has 2 saturated heterocycles. The van der Waals surface area contributed by atoms with Crippen LogP contribution < -0.4 is 5.32 Å². The Morgan fingerprint density at radius 1 is 1.58 bits per heavy atom. The molecule has 2 N–H and O–H groups in total. The van der Waals surface area contributed by atoms with Crippen molar-refractivity contribution in [3.8, 4) is 0 Å². The smallest absolute Gasteiger partial charge is 0.164 e. The third-order valence-electron chi connectivity index (χ3n) is 2.48. The average Bonchev–Trinajstić information content (AvgIpc) is 2.40. The van der Waals surface area contributed by atoms with Crippen molar-refractivity contribution in [1.82, 2.24) is 5.32 Å². The SMILES string of the molecule is CC1(C)O[C@@H]2CNC[C@]2(CO)O1. The Hall–Kier alpha value is -0.160. The molecule has 0 bridgehead atoms. The maximum atomic E-state index is 9.21. The van der Waals surface area contributed by atoms with E-state index in [1.807, 2.05) is 13.8 Å². The normalized spacial score (nSPS) is 44.8. The van der Waals surface area contributed by atoms with Gasteiger partial charge in [-0.3, -0.25) is 0 Å². The molecule has 0 saturated carbocycles. The molecule has 2 aliphatic rings. The zero-order valence-corrected chi connectivity index (χ0v) is 7.46. The molecular formula is C8H15NO3. The zero-order valence-electron chi connectivity index (χ0n) is 7.46. The highest BCUT2D eigenvalue weighted by Gasteiger charge is 2.55. The highest BCUT2D eigenvalue weighted by atomic mass is 16.8. The number of hydrogen-bond donors (Lipinski definition) is 2. The van der Waals surface area contributed by atoms with Crippen molar-refractivity contribution in [2.75, 3.05) is 19.7 Å². The van der Waals surface area contributed by atoms with E-state index in [0.29, 0.717) is 6.54 Å². The average molecular weight is 173 g/mol. The van der Waals surface area contributed by atoms with Gasteiger partial charge < -0.3 is 19.9 Å². The summed E-state index contributed by atoms with van der Waals surface area (Å²) in [6.07, 6.45) is -0.00231. The highest BCUT2D eigenvalue weighted by Crippen LogP contribution is 2.37. The van der Waals surface area contributed by atoms with E-state index >= 15 is 0 Å². The summed E-state index contributed by atoms with van der Waals surface area (Å²) in [5.74, 6) is -0.546. The molecule has 4 nitrogen and oxygen atoms in total. The molecule has 0 unspecified atom stereocenters. The van der Waals surface area contributed by atoms with Gasteiger partial charge in [-0.2, -0.15) is 0 Å². The topological polar surface area (TPSA) is 50.7 Å². The third-order valence-corrected chi connectivity index (χ3v) is 2.48. The second kappa shape index (κ2) is 2.42. The first-order chi connectivity index (χ1) is 5.58. The fourth-order valence-electron chi connectivity index (χ4n) is 2.01. The van der Waals surface area contributed by atoms with Crippen LogP contribution in [-0.2, 0) is 9.47 Å². The molecule has 2 aliphatic heterocycles. The summed E-state index contributed by atoms with van der Waals surface area (Å²) in [5.41, 5.74) is -0.497. The second-order valence-corrected chi connectivity index (χ2v) is 3.96. The van der Waals surface area contributed by atoms with E-state index in [2.05, 4.69) is 5.32 Å². The van der Waals surface area contributed by atoms with Crippen LogP contribution in [0, 0.1) is 0 Å². The van der Waals surface area contributed by atoms with Crippen LogP contribution in [0.1, 0.15) is 13.8 Å². The van der Waals surface area contributed by atoms with Gasteiger partial charge in [0, 0.05) is 13.1 Å². The largest absolute Gasteiger partial charge is 0.393 e. The van der Waals surface area contributed by atoms with Crippen molar-refractivity contribution in [2.24, 2.45) is 0 Å². The van der Waals surface area contributed by atoms with Crippen molar-refractivity contribution in [1.29, 1.82) is 0 Å². The lowest BCUT2D eigenvalue weighted by atomic mass is 10.0. The molecule has 2 atom stereocenters. The number of rotatable bonds is 1. The van der Waals surface area contributed by atoms with Gasteiger partial charge in [-0.25, -0.2) is 0 Å². The van der Waals surface area contributed by atoms with Crippen LogP contribution in [0.3, 0.4) is 0 Å². The number of fused-ring (bicyclic) bond motifs is 1. The predicted octanol–water partition coefficient (Wildman–Crippen LogP) is -0.528. The lowest BCUT2D eigenvalue weighted by Crippen LogP contribution is -2.44. The summed E-state index contributed by atoms with van der Waals surface area (Å²) < 4.78 is 11.3. The summed E-state index contributed by atoms with van der Waals surface area (Å²) in [6, 6.07) is 0. The van der Waals surface area contributed by atoms with Crippen LogP contribution in [0.2, 0.25) is 0 Å². The van der Waals surface area contributed by atoms with Crippen molar-refractivity contribution in [2.45, 2.75) is 31.3 Å². The molecule has 0 aliphatic carbocycles. The first kappa shape index (κ1) is 8.44. The molecule has 70 valence electrons. The third kappa shape index (κ3) is 1.07. The summed E-state index contributed by atoms with van der Waals surface area (Å²) in [5, 5.41) is 12.4. The van der Waals surface area contributed by atoms with E-state index in [9.17, 15) is 5.11 Å². The predicted molar refractivity (Wildman–Crippen MR) is 42.7 cm³/mol. The number of hydrogen-bond acceptors (Lipinski definition) is 4. The Bertz CT molecular complexity index is 195. The Balaban J connectivity index is 2.20. The lowest BCUT2D eigenvalue weighted by Gasteiger charge is -2.24. The van der Waals surface area contributed by atoms with Gasteiger partial charge in [0.1, 0.15) is 11.7 Å². The van der Waals surface area contributed by atoms with Gasteiger partial charge in [0.25, 0.3) is 0 Å². The molecule has 2 heterocycles. The van der Waals surface area contributed by atoms with Crippen LogP contribution in [0.4, 0.5) is 0 Å². The molecule has 12 heavy (non-hydrogen) atoms. The maximum absolute atomic E-state index is 9.21. The van der Waals surface area contributed by atoms with Gasteiger partial charge in [0.05, 0.1) is 6.61 Å². The van der Waals surface area contributed by atoms with E-state index in [1.165, 1.54) is 0 Å². The molecule has 0 aromatic rings. The van der Waals surface area contributed by atoms with Crippen molar-refractivity contribution < 1.29 is 14.6 Å². The summed E-state index contributed by atoms with van der Waals surface area (Å²) in [6.45, 7) is 5.22. The van der Waals surface area contributed by atoms with Crippen molar-refractivity contribution >= 4 is 0 Å². The molecule has 0 spiro atoms. The first-order valence-electron chi connectivity index (χ1n) is 4.28. The summed E-state index contributed by atoms with van der Waals surface area (Å²) in [4.78, 5) is 0. The minimum absolute atomic E-state index is 0.00231. The summed E-state index contributed by atoms with van der Waals surface area (Å²) >= 11 is 0. The number of nitrogens with one attached hydrogen (secondary N) is 1. The van der Waals surface area contributed by atoms with Gasteiger partial charge in [-0.1, -0.05) is 0 Å². The molecule has 0 amide bonds. The fourth-order valence-corrected chi connectivity index (χ4v) is 2.01. The number of aliphatic hydroxyl groups is 1. The van der Waals surface area contributed by atoms with Gasteiger partial charge in [0.15, 0.2) is 5.79 Å². The quantitative estimate of drug-likeness (QED) is 0.560. The molecule has 2 fully saturated rings. The number of aliphatic hydroxyl groups excluding tert-OH is 1. The van der Waals surface area contributed by atoms with Crippen LogP contribution in [0.25, 0.3) is 0 Å². The van der Waals surface area contributed by atoms with Gasteiger partial charge >= 0.3 is 0 Å².